The molecule has 0 unspecified atom stereocenters. The van der Waals surface area contributed by atoms with E-state index < -0.39 is 6.09 Å². The van der Waals surface area contributed by atoms with Gasteiger partial charge in [-0.15, -0.1) is 0 Å². The molecule has 0 bridgehead atoms. The van der Waals surface area contributed by atoms with Crippen molar-refractivity contribution in [2.45, 2.75) is 20.8 Å². The average molecular weight is 687 g/mol. The lowest BCUT2D eigenvalue weighted by atomic mass is 10.1. The molecule has 0 spiro atoms. The van der Waals surface area contributed by atoms with Crippen molar-refractivity contribution >= 4 is 58.1 Å². The van der Waals surface area contributed by atoms with Crippen LogP contribution in [0.5, 0.6) is 0 Å². The first-order chi connectivity index (χ1) is 24.9. The van der Waals surface area contributed by atoms with E-state index in [0.29, 0.717) is 43.2 Å². The molecule has 1 aromatic heterocycles. The molecule has 0 aliphatic carbocycles. The second-order valence-electron chi connectivity index (χ2n) is 11.4. The second kappa shape index (κ2) is 18.4. The molecular formula is C37H42N12O2. The van der Waals surface area contributed by atoms with Crippen molar-refractivity contribution in [2.24, 2.45) is 20.5 Å². The standard InChI is InChI=1S/C37H42N12O2/c1-5-49(33-17-15-31(16-18-33)48-47-30-13-11-29(12-14-30)46-45-28-9-7-6-8-10-28)21-22-51-37(50)40-20-19-39-35-42-34(38-4)43-36(44-35)41-32-24-26(2)23-27(3)25-32/h6-18,23-25H,5,19-22H2,1-4H3,(H,40,50)(H3,38,39,41,42,43,44). The summed E-state index contributed by atoms with van der Waals surface area (Å²) in [6.07, 6.45) is -0.500. The minimum absolute atomic E-state index is 0.224. The van der Waals surface area contributed by atoms with E-state index in [1.54, 1.807) is 7.05 Å². The van der Waals surface area contributed by atoms with E-state index in [-0.39, 0.29) is 6.61 Å². The predicted octanol–water partition coefficient (Wildman–Crippen LogP) is 8.77. The van der Waals surface area contributed by atoms with E-state index in [2.05, 4.69) is 67.6 Å². The number of amides is 1. The topological polar surface area (TPSA) is 166 Å². The number of benzene rings is 4. The van der Waals surface area contributed by atoms with Gasteiger partial charge in [0.2, 0.25) is 17.8 Å². The number of likely N-dealkylation sites (N-methyl/N-ethyl adjacent to an activating group) is 1. The van der Waals surface area contributed by atoms with Crippen LogP contribution in [0.4, 0.5) is 56.8 Å². The SMILES string of the molecule is CCN(CCOC(=O)NCCNc1nc(NC)nc(Nc2cc(C)cc(C)c2)n1)c1ccc(N=Nc2ccc(N=Nc3ccccc3)cc2)cc1. The normalized spacial score (nSPS) is 11.1. The molecule has 4 aromatic carbocycles. The van der Waals surface area contributed by atoms with Gasteiger partial charge in [-0.2, -0.15) is 35.4 Å². The Hall–Kier alpha value is -6.44. The van der Waals surface area contributed by atoms with Crippen LogP contribution in [-0.4, -0.2) is 60.9 Å². The third-order valence-corrected chi connectivity index (χ3v) is 7.37. The number of hydrogen-bond donors (Lipinski definition) is 4. The molecule has 5 rings (SSSR count). The van der Waals surface area contributed by atoms with Gasteiger partial charge >= 0.3 is 6.09 Å². The molecule has 0 atom stereocenters. The highest BCUT2D eigenvalue weighted by molar-refractivity contribution is 5.67. The van der Waals surface area contributed by atoms with Gasteiger partial charge in [-0.3, -0.25) is 0 Å². The van der Waals surface area contributed by atoms with Crippen LogP contribution in [0.1, 0.15) is 18.1 Å². The number of aryl methyl sites for hydroxylation is 2. The van der Waals surface area contributed by atoms with E-state index in [9.17, 15) is 4.79 Å². The molecule has 0 aliphatic heterocycles. The highest BCUT2D eigenvalue weighted by Gasteiger charge is 2.09. The van der Waals surface area contributed by atoms with E-state index in [1.807, 2.05) is 112 Å². The van der Waals surface area contributed by atoms with Crippen LogP contribution in [-0.2, 0) is 4.74 Å². The summed E-state index contributed by atoms with van der Waals surface area (Å²) >= 11 is 0. The lowest BCUT2D eigenvalue weighted by molar-refractivity contribution is 0.149. The maximum absolute atomic E-state index is 12.3. The minimum Gasteiger partial charge on any atom is -0.448 e. The summed E-state index contributed by atoms with van der Waals surface area (Å²) in [5.74, 6) is 1.19. The van der Waals surface area contributed by atoms with Crippen LogP contribution >= 0.6 is 0 Å². The van der Waals surface area contributed by atoms with Gasteiger partial charge in [-0.1, -0.05) is 24.3 Å². The van der Waals surface area contributed by atoms with Gasteiger partial charge in [0.1, 0.15) is 6.61 Å². The fourth-order valence-electron chi connectivity index (χ4n) is 4.95. The Morgan fingerprint density at radius 3 is 1.84 bits per heavy atom. The van der Waals surface area contributed by atoms with Gasteiger partial charge in [0.15, 0.2) is 0 Å². The first-order valence-electron chi connectivity index (χ1n) is 16.6. The summed E-state index contributed by atoms with van der Waals surface area (Å²) < 4.78 is 5.42. The van der Waals surface area contributed by atoms with Crippen LogP contribution in [0.15, 0.2) is 118 Å². The zero-order chi connectivity index (χ0) is 35.8. The van der Waals surface area contributed by atoms with Gasteiger partial charge in [-0.25, -0.2) is 4.79 Å². The molecule has 5 aromatic rings. The predicted molar refractivity (Wildman–Crippen MR) is 202 cm³/mol. The number of anilines is 5. The summed E-state index contributed by atoms with van der Waals surface area (Å²) in [4.78, 5) is 27.6. The number of nitrogens with one attached hydrogen (secondary N) is 4. The van der Waals surface area contributed by atoms with E-state index in [1.165, 1.54) is 0 Å². The smallest absolute Gasteiger partial charge is 0.407 e. The Labute approximate surface area is 297 Å². The van der Waals surface area contributed by atoms with Crippen LogP contribution in [0.3, 0.4) is 0 Å². The van der Waals surface area contributed by atoms with Crippen molar-refractivity contribution in [2.75, 3.05) is 60.7 Å². The Morgan fingerprint density at radius 1 is 0.706 bits per heavy atom. The van der Waals surface area contributed by atoms with Crippen LogP contribution in [0.2, 0.25) is 0 Å². The fourth-order valence-corrected chi connectivity index (χ4v) is 4.95. The van der Waals surface area contributed by atoms with Gasteiger partial charge in [0, 0.05) is 38.1 Å². The van der Waals surface area contributed by atoms with Crippen molar-refractivity contribution in [3.8, 4) is 0 Å². The molecule has 14 heteroatoms. The Bertz CT molecular complexity index is 1900. The number of hydrogen-bond acceptors (Lipinski definition) is 13. The summed E-state index contributed by atoms with van der Waals surface area (Å²) in [5, 5.41) is 29.2. The number of aromatic nitrogens is 3. The molecule has 0 saturated heterocycles. The summed E-state index contributed by atoms with van der Waals surface area (Å²) in [7, 11) is 1.74. The molecular weight excluding hydrogens is 644 g/mol. The Balaban J connectivity index is 1.02. The van der Waals surface area contributed by atoms with E-state index in [4.69, 9.17) is 4.74 Å². The van der Waals surface area contributed by atoms with Crippen molar-refractivity contribution in [3.05, 3.63) is 108 Å². The van der Waals surface area contributed by atoms with Gasteiger partial charge < -0.3 is 30.9 Å². The monoisotopic (exact) mass is 686 g/mol. The highest BCUT2D eigenvalue weighted by Crippen LogP contribution is 2.25. The van der Waals surface area contributed by atoms with Gasteiger partial charge in [0.05, 0.1) is 29.3 Å². The van der Waals surface area contributed by atoms with Gasteiger partial charge in [-0.05, 0) is 105 Å². The van der Waals surface area contributed by atoms with Gasteiger partial charge in [0.25, 0.3) is 0 Å². The second-order valence-corrected chi connectivity index (χ2v) is 11.4. The largest absolute Gasteiger partial charge is 0.448 e. The molecule has 0 aliphatic rings. The minimum atomic E-state index is -0.500. The molecule has 4 N–H and O–H groups in total. The van der Waals surface area contributed by atoms with E-state index in [0.717, 1.165) is 46.1 Å². The number of rotatable bonds is 16. The third-order valence-electron chi connectivity index (χ3n) is 7.37. The lowest BCUT2D eigenvalue weighted by Gasteiger charge is -2.23. The third kappa shape index (κ3) is 11.6. The van der Waals surface area contributed by atoms with E-state index >= 15 is 0 Å². The van der Waals surface area contributed by atoms with Crippen molar-refractivity contribution in [1.82, 2.24) is 20.3 Å². The Morgan fingerprint density at radius 2 is 1.25 bits per heavy atom. The maximum Gasteiger partial charge on any atom is 0.407 e. The molecule has 0 saturated carbocycles. The van der Waals surface area contributed by atoms with Crippen LogP contribution < -0.4 is 26.2 Å². The highest BCUT2D eigenvalue weighted by atomic mass is 16.5. The lowest BCUT2D eigenvalue weighted by Crippen LogP contribution is -2.33. The molecule has 0 fully saturated rings. The molecule has 1 amide bonds. The number of nitrogens with zero attached hydrogens (tertiary/aromatic N) is 8. The molecule has 51 heavy (non-hydrogen) atoms. The molecule has 1 heterocycles. The van der Waals surface area contributed by atoms with Crippen molar-refractivity contribution in [3.63, 3.8) is 0 Å². The maximum atomic E-state index is 12.3. The van der Waals surface area contributed by atoms with Crippen molar-refractivity contribution in [1.29, 1.82) is 0 Å². The number of azo groups is 2. The number of ether oxygens (including phenoxy) is 1. The summed E-state index contributed by atoms with van der Waals surface area (Å²) in [5.41, 5.74) is 7.11. The molecule has 14 nitrogen and oxygen atoms in total. The number of carbonyl (C=O) groups excluding carboxylic acids is 1. The quantitative estimate of drug-likeness (QED) is 0.0586. The molecule has 0 radical (unpaired) electrons. The summed E-state index contributed by atoms with van der Waals surface area (Å²) in [6.45, 7) is 8.32. The Kier molecular flexibility index (Phi) is 12.9. The average Bonchev–Trinajstić information content (AvgIpc) is 3.14. The van der Waals surface area contributed by atoms with Crippen molar-refractivity contribution < 1.29 is 9.53 Å². The number of alkyl carbamates (subject to hydrolysis) is 1. The zero-order valence-electron chi connectivity index (χ0n) is 29.2. The number of carbonyl (C=O) groups is 1. The fraction of sp³-hybridized carbons (Fsp3) is 0.243. The first kappa shape index (κ1) is 35.9. The zero-order valence-corrected chi connectivity index (χ0v) is 29.2. The van der Waals surface area contributed by atoms with Crippen LogP contribution in [0, 0.1) is 13.8 Å². The first-order valence-corrected chi connectivity index (χ1v) is 16.6. The van der Waals surface area contributed by atoms with Crippen LogP contribution in [0.25, 0.3) is 0 Å². The summed E-state index contributed by atoms with van der Waals surface area (Å²) in [6, 6.07) is 30.9. The molecule has 262 valence electrons.